The summed E-state index contributed by atoms with van der Waals surface area (Å²) in [6, 6.07) is 6.68. The highest BCUT2D eigenvalue weighted by atomic mass is 32.2. The number of rotatable bonds is 6. The van der Waals surface area contributed by atoms with Crippen LogP contribution in [0.1, 0.15) is 6.92 Å². The minimum atomic E-state index is -0.786. The van der Waals surface area contributed by atoms with Gasteiger partial charge in [-0.2, -0.15) is 0 Å². The van der Waals surface area contributed by atoms with E-state index in [0.717, 1.165) is 5.52 Å². The van der Waals surface area contributed by atoms with E-state index in [9.17, 15) is 9.18 Å². The first-order chi connectivity index (χ1) is 12.1. The summed E-state index contributed by atoms with van der Waals surface area (Å²) in [4.78, 5) is 16.5. The molecule has 1 aliphatic heterocycles. The summed E-state index contributed by atoms with van der Waals surface area (Å²) in [5, 5.41) is 6.33. The van der Waals surface area contributed by atoms with Crippen LogP contribution in [0.3, 0.4) is 0 Å². The number of carbonyl (C=O) groups is 1. The number of carbonyl (C=O) groups excluding carboxylic acids is 1. The van der Waals surface area contributed by atoms with Crippen LogP contribution in [0.5, 0.6) is 0 Å². The molecule has 25 heavy (non-hydrogen) atoms. The van der Waals surface area contributed by atoms with E-state index in [1.807, 2.05) is 24.3 Å². The van der Waals surface area contributed by atoms with E-state index in [1.165, 1.54) is 11.8 Å². The van der Waals surface area contributed by atoms with Gasteiger partial charge >= 0.3 is 5.97 Å². The number of alkyl halides is 1. The molecule has 1 aromatic carbocycles. The van der Waals surface area contributed by atoms with Gasteiger partial charge in [-0.3, -0.25) is 0 Å². The highest BCUT2D eigenvalue weighted by Gasteiger charge is 2.29. The van der Waals surface area contributed by atoms with Crippen LogP contribution in [-0.4, -0.2) is 41.1 Å². The van der Waals surface area contributed by atoms with E-state index in [0.29, 0.717) is 27.4 Å². The van der Waals surface area contributed by atoms with Gasteiger partial charge in [-0.1, -0.05) is 23.9 Å². The van der Waals surface area contributed by atoms with E-state index in [4.69, 9.17) is 21.4 Å². The molecule has 0 aliphatic carbocycles. The predicted molar refractivity (Wildman–Crippen MR) is 97.0 cm³/mol. The van der Waals surface area contributed by atoms with Crippen molar-refractivity contribution in [2.45, 2.75) is 18.2 Å². The summed E-state index contributed by atoms with van der Waals surface area (Å²) in [5.74, 6) is -0.0921. The number of benzene rings is 1. The maximum absolute atomic E-state index is 13.1. The topological polar surface area (TPSA) is 76.4 Å². The number of esters is 1. The van der Waals surface area contributed by atoms with Crippen molar-refractivity contribution in [3.8, 4) is 0 Å². The van der Waals surface area contributed by atoms with Crippen LogP contribution >= 0.6 is 24.0 Å². The molecule has 2 N–H and O–H groups in total. The van der Waals surface area contributed by atoms with Crippen molar-refractivity contribution in [1.82, 2.24) is 15.6 Å². The average Bonchev–Trinajstić information content (AvgIpc) is 3.00. The van der Waals surface area contributed by atoms with Crippen molar-refractivity contribution < 1.29 is 18.3 Å². The van der Waals surface area contributed by atoms with Crippen LogP contribution in [-0.2, 0) is 9.53 Å². The van der Waals surface area contributed by atoms with Crippen LogP contribution < -0.4 is 10.6 Å². The fourth-order valence-corrected chi connectivity index (χ4v) is 3.38. The van der Waals surface area contributed by atoms with Gasteiger partial charge in [0.05, 0.1) is 11.6 Å². The molecule has 0 spiro atoms. The van der Waals surface area contributed by atoms with Crippen molar-refractivity contribution in [2.24, 2.45) is 0 Å². The summed E-state index contributed by atoms with van der Waals surface area (Å²) >= 11 is 6.30. The van der Waals surface area contributed by atoms with Gasteiger partial charge in [0, 0.05) is 11.4 Å². The van der Waals surface area contributed by atoms with Crippen molar-refractivity contribution in [3.05, 3.63) is 35.5 Å². The number of oxazole rings is 1. The maximum Gasteiger partial charge on any atom is 0.338 e. The van der Waals surface area contributed by atoms with Crippen molar-refractivity contribution in [2.75, 3.05) is 19.0 Å². The molecule has 6 nitrogen and oxygen atoms in total. The minimum absolute atomic E-state index is 0.155. The lowest BCUT2D eigenvalue weighted by Crippen LogP contribution is -2.50. The Balaban J connectivity index is 1.53. The Morgan fingerprint density at radius 2 is 2.28 bits per heavy atom. The molecule has 0 bridgehead atoms. The molecule has 1 unspecified atom stereocenters. The molecular weight excluding hydrogens is 365 g/mol. The summed E-state index contributed by atoms with van der Waals surface area (Å²) in [6.07, 6.45) is 0. The summed E-state index contributed by atoms with van der Waals surface area (Å²) < 4.78 is 23.9. The molecule has 0 saturated carbocycles. The molecule has 3 rings (SSSR count). The average molecular weight is 381 g/mol. The summed E-state index contributed by atoms with van der Waals surface area (Å²) in [5.41, 5.74) is 2.22. The molecule has 2 aromatic rings. The molecule has 1 aliphatic rings. The fourth-order valence-electron chi connectivity index (χ4n) is 2.43. The predicted octanol–water partition coefficient (Wildman–Crippen LogP) is 2.55. The van der Waals surface area contributed by atoms with Crippen molar-refractivity contribution >= 4 is 46.2 Å². The molecule has 1 aromatic heterocycles. The lowest BCUT2D eigenvalue weighted by atomic mass is 10.0. The third-order valence-corrected chi connectivity index (χ3v) is 4.56. The summed E-state index contributed by atoms with van der Waals surface area (Å²) in [7, 11) is 0. The second-order valence-corrected chi connectivity index (χ2v) is 6.73. The summed E-state index contributed by atoms with van der Waals surface area (Å²) in [6.45, 7) is 1.07. The lowest BCUT2D eigenvalue weighted by molar-refractivity contribution is -0.138. The van der Waals surface area contributed by atoms with Gasteiger partial charge in [0.15, 0.2) is 10.7 Å². The highest BCUT2D eigenvalue weighted by Crippen LogP contribution is 2.23. The van der Waals surface area contributed by atoms with Gasteiger partial charge in [0.1, 0.15) is 18.8 Å². The standard InChI is InChI=1S/C16H16FN3O3S2/c1-9-13(11(8-17)19-15(24)18-9)14(21)22-6-7-25-16-20-10-4-2-3-5-12(10)23-16/h2-5,11H,6-8H2,1H3,(H2,18,19,24). The molecular formula is C16H16FN3O3S2. The zero-order valence-electron chi connectivity index (χ0n) is 13.4. The Kier molecular flexibility index (Phi) is 5.54. The number of ether oxygens (including phenoxy) is 1. The van der Waals surface area contributed by atoms with Crippen molar-refractivity contribution in [1.29, 1.82) is 0 Å². The van der Waals surface area contributed by atoms with Crippen LogP contribution in [0.15, 0.2) is 45.2 Å². The van der Waals surface area contributed by atoms with Crippen LogP contribution in [0.2, 0.25) is 0 Å². The molecule has 1 atom stereocenters. The number of nitrogens with zero attached hydrogens (tertiary/aromatic N) is 1. The van der Waals surface area contributed by atoms with Gasteiger partial charge in [-0.25, -0.2) is 14.2 Å². The quantitative estimate of drug-likeness (QED) is 0.342. The largest absolute Gasteiger partial charge is 0.461 e. The number of thioether (sulfide) groups is 1. The first-order valence-electron chi connectivity index (χ1n) is 7.58. The first-order valence-corrected chi connectivity index (χ1v) is 8.97. The lowest BCUT2D eigenvalue weighted by Gasteiger charge is -2.27. The third kappa shape index (κ3) is 4.10. The normalized spacial score (nSPS) is 17.4. The number of halogens is 1. The molecule has 0 amide bonds. The molecule has 132 valence electrons. The Hall–Kier alpha value is -2.13. The zero-order chi connectivity index (χ0) is 17.8. The van der Waals surface area contributed by atoms with Gasteiger partial charge in [0.25, 0.3) is 5.22 Å². The molecule has 2 heterocycles. The van der Waals surface area contributed by atoms with Gasteiger partial charge in [0.2, 0.25) is 0 Å². The Labute approximate surface area is 153 Å². The monoisotopic (exact) mass is 381 g/mol. The fraction of sp³-hybridized carbons (Fsp3) is 0.312. The van der Waals surface area contributed by atoms with Gasteiger partial charge in [-0.15, -0.1) is 0 Å². The number of para-hydroxylation sites is 2. The van der Waals surface area contributed by atoms with Gasteiger partial charge in [-0.05, 0) is 31.3 Å². The van der Waals surface area contributed by atoms with E-state index >= 15 is 0 Å². The van der Waals surface area contributed by atoms with E-state index in [1.54, 1.807) is 6.92 Å². The number of thiocarbonyl (C=S) groups is 1. The highest BCUT2D eigenvalue weighted by molar-refractivity contribution is 7.99. The Morgan fingerprint density at radius 3 is 3.04 bits per heavy atom. The number of allylic oxidation sites excluding steroid dienone is 1. The van der Waals surface area contributed by atoms with E-state index in [2.05, 4.69) is 15.6 Å². The number of hydrogen-bond acceptors (Lipinski definition) is 6. The number of hydrogen-bond donors (Lipinski definition) is 2. The number of aromatic nitrogens is 1. The van der Waals surface area contributed by atoms with Gasteiger partial charge < -0.3 is 19.8 Å². The second kappa shape index (κ2) is 7.83. The SMILES string of the molecule is CC1=C(C(=O)OCCSc2nc3ccccc3o2)C(CF)NC(=S)N1. The third-order valence-electron chi connectivity index (χ3n) is 3.55. The molecule has 0 fully saturated rings. The molecule has 0 radical (unpaired) electrons. The van der Waals surface area contributed by atoms with Crippen LogP contribution in [0.4, 0.5) is 4.39 Å². The molecule has 9 heteroatoms. The van der Waals surface area contributed by atoms with Crippen molar-refractivity contribution in [3.63, 3.8) is 0 Å². The zero-order valence-corrected chi connectivity index (χ0v) is 15.0. The van der Waals surface area contributed by atoms with Crippen LogP contribution in [0, 0.1) is 0 Å². The minimum Gasteiger partial charge on any atom is -0.461 e. The van der Waals surface area contributed by atoms with E-state index in [-0.39, 0.29) is 12.2 Å². The first kappa shape index (κ1) is 17.7. The molecule has 0 saturated heterocycles. The van der Waals surface area contributed by atoms with Crippen LogP contribution in [0.25, 0.3) is 11.1 Å². The smallest absolute Gasteiger partial charge is 0.338 e. The van der Waals surface area contributed by atoms with E-state index < -0.39 is 18.7 Å². The number of nitrogens with one attached hydrogen (secondary N) is 2. The maximum atomic E-state index is 13.1. The Morgan fingerprint density at radius 1 is 1.48 bits per heavy atom. The number of fused-ring (bicyclic) bond motifs is 1. The second-order valence-electron chi connectivity index (χ2n) is 5.28. The Bertz CT molecular complexity index is 804.